The highest BCUT2D eigenvalue weighted by molar-refractivity contribution is 6.01. The van der Waals surface area contributed by atoms with Crippen molar-refractivity contribution in [3.05, 3.63) is 36.0 Å². The Morgan fingerprint density at radius 2 is 1.96 bits per heavy atom. The van der Waals surface area contributed by atoms with Crippen LogP contribution in [0.4, 0.5) is 11.4 Å². The van der Waals surface area contributed by atoms with Gasteiger partial charge in [-0.1, -0.05) is 0 Å². The molecule has 0 saturated carbocycles. The van der Waals surface area contributed by atoms with Crippen LogP contribution in [0.15, 0.2) is 36.0 Å². The minimum atomic E-state index is -1.07. The molecule has 2 amide bonds. The van der Waals surface area contributed by atoms with Gasteiger partial charge in [-0.2, -0.15) is 5.26 Å². The summed E-state index contributed by atoms with van der Waals surface area (Å²) in [6.07, 6.45) is 0.836. The largest absolute Gasteiger partial charge is 0.481 e. The molecule has 0 fully saturated rings. The summed E-state index contributed by atoms with van der Waals surface area (Å²) in [5.41, 5.74) is 6.21. The van der Waals surface area contributed by atoms with Crippen molar-refractivity contribution in [2.24, 2.45) is 0 Å². The predicted octanol–water partition coefficient (Wildman–Crippen LogP) is 0.620. The fourth-order valence-corrected chi connectivity index (χ4v) is 1.63. The second kappa shape index (κ2) is 8.19. The number of nitriles is 1. The second-order valence-electron chi connectivity index (χ2n) is 4.53. The summed E-state index contributed by atoms with van der Waals surface area (Å²) in [7, 11) is 0. The molecule has 120 valence electrons. The molecule has 0 bridgehead atoms. The number of nitrogens with zero attached hydrogens (tertiary/aromatic N) is 2. The molecule has 1 rings (SSSR count). The van der Waals surface area contributed by atoms with Crippen molar-refractivity contribution in [2.45, 2.75) is 13.3 Å². The second-order valence-corrected chi connectivity index (χ2v) is 4.53. The number of nitrogen functional groups attached to an aromatic ring is 1. The van der Waals surface area contributed by atoms with E-state index in [1.165, 1.54) is 6.92 Å². The molecule has 0 aromatic heterocycles. The predicted molar refractivity (Wildman–Crippen MR) is 83.0 cm³/mol. The third-order valence-corrected chi connectivity index (χ3v) is 2.76. The first-order valence-corrected chi connectivity index (χ1v) is 6.62. The SMILES string of the molecule is CC(=O)N(/C=C(/C#N)C(=O)NCCC(=O)O)c1ccc(N)cc1. The van der Waals surface area contributed by atoms with Gasteiger partial charge >= 0.3 is 5.97 Å². The average molecular weight is 316 g/mol. The Labute approximate surface area is 132 Å². The van der Waals surface area contributed by atoms with Crippen molar-refractivity contribution in [3.63, 3.8) is 0 Å². The fourth-order valence-electron chi connectivity index (χ4n) is 1.63. The molecule has 1 aromatic rings. The van der Waals surface area contributed by atoms with Crippen molar-refractivity contribution in [2.75, 3.05) is 17.2 Å². The highest BCUT2D eigenvalue weighted by atomic mass is 16.4. The number of hydrogen-bond donors (Lipinski definition) is 3. The Bertz CT molecular complexity index is 674. The van der Waals surface area contributed by atoms with Crippen LogP contribution in [0.2, 0.25) is 0 Å². The smallest absolute Gasteiger partial charge is 0.305 e. The van der Waals surface area contributed by atoms with E-state index in [1.807, 2.05) is 0 Å². The van der Waals surface area contributed by atoms with Crippen molar-refractivity contribution < 1.29 is 19.5 Å². The summed E-state index contributed by atoms with van der Waals surface area (Å²) in [4.78, 5) is 35.1. The Kier molecular flexibility index (Phi) is 6.30. The molecule has 8 heteroatoms. The summed E-state index contributed by atoms with van der Waals surface area (Å²) in [6, 6.07) is 8.00. The first-order valence-electron chi connectivity index (χ1n) is 6.62. The maximum absolute atomic E-state index is 11.8. The van der Waals surface area contributed by atoms with Crippen molar-refractivity contribution in [1.29, 1.82) is 5.26 Å². The summed E-state index contributed by atoms with van der Waals surface area (Å²) >= 11 is 0. The maximum Gasteiger partial charge on any atom is 0.305 e. The molecule has 0 aliphatic rings. The van der Waals surface area contributed by atoms with E-state index >= 15 is 0 Å². The van der Waals surface area contributed by atoms with Crippen LogP contribution in [0, 0.1) is 11.3 Å². The van der Waals surface area contributed by atoms with Crippen LogP contribution in [0.25, 0.3) is 0 Å². The summed E-state index contributed by atoms with van der Waals surface area (Å²) in [5, 5.41) is 19.9. The van der Waals surface area contributed by atoms with Gasteiger partial charge in [0.1, 0.15) is 11.6 Å². The topological polar surface area (TPSA) is 137 Å². The van der Waals surface area contributed by atoms with Gasteiger partial charge in [-0.25, -0.2) is 0 Å². The van der Waals surface area contributed by atoms with Gasteiger partial charge in [-0.05, 0) is 24.3 Å². The molecule has 0 radical (unpaired) electrons. The normalized spacial score (nSPS) is 10.5. The van der Waals surface area contributed by atoms with Gasteiger partial charge in [0.2, 0.25) is 5.91 Å². The highest BCUT2D eigenvalue weighted by Crippen LogP contribution is 2.18. The highest BCUT2D eigenvalue weighted by Gasteiger charge is 2.15. The molecule has 0 heterocycles. The van der Waals surface area contributed by atoms with E-state index in [0.29, 0.717) is 11.4 Å². The number of amides is 2. The number of hydrogen-bond acceptors (Lipinski definition) is 5. The molecule has 0 saturated heterocycles. The number of carboxylic acid groups (broad SMARTS) is 1. The van der Waals surface area contributed by atoms with Gasteiger partial charge in [0.05, 0.1) is 6.42 Å². The minimum absolute atomic E-state index is 0.116. The quantitative estimate of drug-likeness (QED) is 0.400. The number of nitrogens with one attached hydrogen (secondary N) is 1. The molecule has 4 N–H and O–H groups in total. The van der Waals surface area contributed by atoms with E-state index in [9.17, 15) is 14.4 Å². The molecule has 1 aromatic carbocycles. The molecule has 0 aliphatic heterocycles. The van der Waals surface area contributed by atoms with Crippen LogP contribution in [0.3, 0.4) is 0 Å². The lowest BCUT2D eigenvalue weighted by molar-refractivity contribution is -0.136. The van der Waals surface area contributed by atoms with Gasteiger partial charge in [-0.3, -0.25) is 19.3 Å². The van der Waals surface area contributed by atoms with Crippen LogP contribution in [-0.4, -0.2) is 29.4 Å². The summed E-state index contributed by atoms with van der Waals surface area (Å²) < 4.78 is 0. The Hall–Kier alpha value is -3.34. The molecule has 0 atom stereocenters. The van der Waals surface area contributed by atoms with Crippen molar-refractivity contribution in [1.82, 2.24) is 5.32 Å². The summed E-state index contributed by atoms with van der Waals surface area (Å²) in [5.74, 6) is -2.23. The van der Waals surface area contributed by atoms with Crippen molar-refractivity contribution >= 4 is 29.2 Å². The lowest BCUT2D eigenvalue weighted by Gasteiger charge is -2.17. The number of carbonyl (C=O) groups excluding carboxylic acids is 2. The molecular formula is C15H16N4O4. The lowest BCUT2D eigenvalue weighted by Crippen LogP contribution is -2.30. The van der Waals surface area contributed by atoms with E-state index in [4.69, 9.17) is 16.1 Å². The van der Waals surface area contributed by atoms with Gasteiger partial charge in [-0.15, -0.1) is 0 Å². The number of carbonyl (C=O) groups is 3. The fraction of sp³-hybridized carbons (Fsp3) is 0.200. The number of rotatable bonds is 6. The molecule has 0 unspecified atom stereocenters. The third-order valence-electron chi connectivity index (χ3n) is 2.76. The lowest BCUT2D eigenvalue weighted by atomic mass is 10.2. The van der Waals surface area contributed by atoms with Gasteiger partial charge < -0.3 is 16.2 Å². The number of benzene rings is 1. The van der Waals surface area contributed by atoms with E-state index in [2.05, 4.69) is 5.32 Å². The summed E-state index contributed by atoms with van der Waals surface area (Å²) in [6.45, 7) is 1.17. The number of anilines is 2. The molecule has 8 nitrogen and oxygen atoms in total. The molecule has 0 spiro atoms. The Morgan fingerprint density at radius 1 is 1.35 bits per heavy atom. The zero-order valence-corrected chi connectivity index (χ0v) is 12.4. The zero-order valence-electron chi connectivity index (χ0n) is 12.4. The van der Waals surface area contributed by atoms with Crippen LogP contribution >= 0.6 is 0 Å². The van der Waals surface area contributed by atoms with E-state index in [1.54, 1.807) is 30.3 Å². The molecule has 0 aliphatic carbocycles. The maximum atomic E-state index is 11.8. The van der Waals surface area contributed by atoms with Crippen LogP contribution < -0.4 is 16.0 Å². The van der Waals surface area contributed by atoms with Gasteiger partial charge in [0, 0.05) is 31.0 Å². The van der Waals surface area contributed by atoms with Gasteiger partial charge in [0.15, 0.2) is 0 Å². The van der Waals surface area contributed by atoms with Crippen LogP contribution in [0.5, 0.6) is 0 Å². The first-order chi connectivity index (χ1) is 10.8. The van der Waals surface area contributed by atoms with Crippen LogP contribution in [0.1, 0.15) is 13.3 Å². The number of aliphatic carboxylic acids is 1. The number of carboxylic acids is 1. The standard InChI is InChI=1S/C15H16N4O4/c1-10(20)19(13-4-2-12(17)3-5-13)9-11(8-16)15(23)18-7-6-14(21)22/h2-5,9H,6-7,17H2,1H3,(H,18,23)(H,21,22)/b11-9-. The van der Waals surface area contributed by atoms with E-state index in [-0.39, 0.29) is 18.5 Å². The monoisotopic (exact) mass is 316 g/mol. The van der Waals surface area contributed by atoms with Crippen molar-refractivity contribution in [3.8, 4) is 6.07 Å². The minimum Gasteiger partial charge on any atom is -0.481 e. The molecule has 23 heavy (non-hydrogen) atoms. The first kappa shape index (κ1) is 17.7. The van der Waals surface area contributed by atoms with Crippen LogP contribution in [-0.2, 0) is 14.4 Å². The Balaban J connectivity index is 2.97. The van der Waals surface area contributed by atoms with E-state index in [0.717, 1.165) is 11.1 Å². The van der Waals surface area contributed by atoms with Gasteiger partial charge in [0.25, 0.3) is 5.91 Å². The zero-order chi connectivity index (χ0) is 17.4. The Morgan fingerprint density at radius 3 is 2.43 bits per heavy atom. The van der Waals surface area contributed by atoms with E-state index < -0.39 is 17.8 Å². The number of nitrogens with two attached hydrogens (primary N) is 1. The molecular weight excluding hydrogens is 300 g/mol. The third kappa shape index (κ3) is 5.51. The average Bonchev–Trinajstić information content (AvgIpc) is 2.48.